The van der Waals surface area contributed by atoms with Crippen molar-refractivity contribution < 1.29 is 28.6 Å². The first kappa shape index (κ1) is 17.9. The van der Waals surface area contributed by atoms with Gasteiger partial charge in [-0.25, -0.2) is 0 Å². The van der Waals surface area contributed by atoms with Gasteiger partial charge in [-0.2, -0.15) is 0 Å². The van der Waals surface area contributed by atoms with Crippen LogP contribution in [0.4, 0.5) is 4.79 Å². The highest BCUT2D eigenvalue weighted by molar-refractivity contribution is 8.18. The molecule has 2 saturated heterocycles. The van der Waals surface area contributed by atoms with Gasteiger partial charge in [-0.05, 0) is 48.4 Å². The predicted octanol–water partition coefficient (Wildman–Crippen LogP) is 1.75. The molecule has 3 amide bonds. The van der Waals surface area contributed by atoms with Crippen LogP contribution in [0, 0.1) is 0 Å². The molecular formula is C18H18N2O6S. The highest BCUT2D eigenvalue weighted by atomic mass is 32.2. The predicted molar refractivity (Wildman–Crippen MR) is 97.2 cm³/mol. The summed E-state index contributed by atoms with van der Waals surface area (Å²) in [5.41, 5.74) is 0.747. The SMILES string of the molecule is O=C(NCCN1C(=O)SC(=Cc2ccc3c(c2)OCO3)C1=O)C1CCCO1. The van der Waals surface area contributed by atoms with E-state index in [1.807, 2.05) is 0 Å². The van der Waals surface area contributed by atoms with Crippen LogP contribution in [0.25, 0.3) is 6.08 Å². The van der Waals surface area contributed by atoms with Gasteiger partial charge in [0.05, 0.1) is 4.91 Å². The molecule has 27 heavy (non-hydrogen) atoms. The van der Waals surface area contributed by atoms with E-state index in [9.17, 15) is 14.4 Å². The first-order valence-corrected chi connectivity index (χ1v) is 9.48. The van der Waals surface area contributed by atoms with Crippen molar-refractivity contribution >= 4 is 34.9 Å². The fourth-order valence-electron chi connectivity index (χ4n) is 3.04. The lowest BCUT2D eigenvalue weighted by atomic mass is 10.2. The van der Waals surface area contributed by atoms with Crippen LogP contribution in [-0.4, -0.2) is 54.5 Å². The number of nitrogens with zero attached hydrogens (tertiary/aromatic N) is 1. The van der Waals surface area contributed by atoms with Crippen molar-refractivity contribution in [1.29, 1.82) is 0 Å². The van der Waals surface area contributed by atoms with Gasteiger partial charge < -0.3 is 19.5 Å². The fourth-order valence-corrected chi connectivity index (χ4v) is 3.90. The van der Waals surface area contributed by atoms with Crippen molar-refractivity contribution in [3.63, 3.8) is 0 Å². The van der Waals surface area contributed by atoms with E-state index in [1.165, 1.54) is 0 Å². The molecule has 1 N–H and O–H groups in total. The highest BCUT2D eigenvalue weighted by Gasteiger charge is 2.35. The summed E-state index contributed by atoms with van der Waals surface area (Å²) in [6.45, 7) is 1.09. The number of nitrogens with one attached hydrogen (secondary N) is 1. The van der Waals surface area contributed by atoms with E-state index >= 15 is 0 Å². The number of amides is 3. The number of hydrogen-bond acceptors (Lipinski definition) is 7. The van der Waals surface area contributed by atoms with Crippen molar-refractivity contribution in [3.8, 4) is 11.5 Å². The molecule has 1 atom stereocenters. The molecule has 0 aliphatic carbocycles. The third-order valence-corrected chi connectivity index (χ3v) is 5.33. The molecule has 142 valence electrons. The molecule has 4 rings (SSSR count). The largest absolute Gasteiger partial charge is 0.454 e. The number of fused-ring (bicyclic) bond motifs is 1. The molecule has 0 bridgehead atoms. The number of hydrogen-bond donors (Lipinski definition) is 1. The lowest BCUT2D eigenvalue weighted by Gasteiger charge is -2.14. The van der Waals surface area contributed by atoms with Gasteiger partial charge in [0.15, 0.2) is 11.5 Å². The number of ether oxygens (including phenoxy) is 3. The van der Waals surface area contributed by atoms with Crippen LogP contribution in [0.2, 0.25) is 0 Å². The molecule has 9 heteroatoms. The van der Waals surface area contributed by atoms with Crippen LogP contribution in [0.15, 0.2) is 23.1 Å². The summed E-state index contributed by atoms with van der Waals surface area (Å²) in [6.07, 6.45) is 2.79. The maximum atomic E-state index is 12.5. The van der Waals surface area contributed by atoms with E-state index in [0.29, 0.717) is 29.4 Å². The summed E-state index contributed by atoms with van der Waals surface area (Å²) >= 11 is 0.883. The number of rotatable bonds is 5. The van der Waals surface area contributed by atoms with Crippen molar-refractivity contribution in [2.75, 3.05) is 26.5 Å². The van der Waals surface area contributed by atoms with E-state index in [2.05, 4.69) is 5.32 Å². The van der Waals surface area contributed by atoms with Crippen LogP contribution < -0.4 is 14.8 Å². The number of thioether (sulfide) groups is 1. The van der Waals surface area contributed by atoms with Crippen LogP contribution >= 0.6 is 11.8 Å². The van der Waals surface area contributed by atoms with Gasteiger partial charge in [-0.15, -0.1) is 0 Å². The second-order valence-corrected chi connectivity index (χ2v) is 7.23. The quantitative estimate of drug-likeness (QED) is 0.766. The zero-order valence-corrected chi connectivity index (χ0v) is 15.3. The average molecular weight is 390 g/mol. The first-order chi connectivity index (χ1) is 13.1. The van der Waals surface area contributed by atoms with Gasteiger partial charge in [-0.3, -0.25) is 19.3 Å². The highest BCUT2D eigenvalue weighted by Crippen LogP contribution is 2.36. The van der Waals surface area contributed by atoms with Crippen molar-refractivity contribution in [2.45, 2.75) is 18.9 Å². The molecule has 1 unspecified atom stereocenters. The summed E-state index contributed by atoms with van der Waals surface area (Å²) in [4.78, 5) is 38.1. The average Bonchev–Trinajstić information content (AvgIpc) is 3.38. The van der Waals surface area contributed by atoms with Crippen LogP contribution in [0.1, 0.15) is 18.4 Å². The number of carbonyl (C=O) groups excluding carboxylic acids is 3. The Labute approximate surface area is 159 Å². The molecule has 3 aliphatic rings. The number of imide groups is 1. The summed E-state index contributed by atoms with van der Waals surface area (Å²) < 4.78 is 15.9. The molecule has 0 saturated carbocycles. The van der Waals surface area contributed by atoms with E-state index in [4.69, 9.17) is 14.2 Å². The Hall–Kier alpha value is -2.52. The Morgan fingerprint density at radius 2 is 2.15 bits per heavy atom. The van der Waals surface area contributed by atoms with Crippen molar-refractivity contribution in [2.24, 2.45) is 0 Å². The minimum absolute atomic E-state index is 0.127. The molecule has 3 heterocycles. The molecule has 0 radical (unpaired) electrons. The normalized spacial score (nSPS) is 22.7. The molecule has 2 fully saturated rings. The Morgan fingerprint density at radius 3 is 2.96 bits per heavy atom. The molecule has 3 aliphatic heterocycles. The van der Waals surface area contributed by atoms with Crippen LogP contribution in [0.3, 0.4) is 0 Å². The molecule has 1 aromatic carbocycles. The van der Waals surface area contributed by atoms with Crippen molar-refractivity contribution in [3.05, 3.63) is 28.7 Å². The van der Waals surface area contributed by atoms with Gasteiger partial charge in [0, 0.05) is 19.7 Å². The van der Waals surface area contributed by atoms with E-state index in [0.717, 1.165) is 28.6 Å². The smallest absolute Gasteiger partial charge is 0.293 e. The molecule has 8 nitrogen and oxygen atoms in total. The van der Waals surface area contributed by atoms with E-state index in [1.54, 1.807) is 24.3 Å². The van der Waals surface area contributed by atoms with Crippen molar-refractivity contribution in [1.82, 2.24) is 10.2 Å². The standard InChI is InChI=1S/C18H18N2O6S/c21-16(13-2-1-7-24-13)19-5-6-20-17(22)15(27-18(20)23)9-11-3-4-12-14(8-11)26-10-25-12/h3-4,8-9,13H,1-2,5-7,10H2,(H,19,21). The van der Waals surface area contributed by atoms with Gasteiger partial charge in [0.25, 0.3) is 11.1 Å². The fraction of sp³-hybridized carbons (Fsp3) is 0.389. The van der Waals surface area contributed by atoms with E-state index in [-0.39, 0.29) is 36.9 Å². The summed E-state index contributed by atoms with van der Waals surface area (Å²) in [6, 6.07) is 5.32. The molecule has 0 spiro atoms. The van der Waals surface area contributed by atoms with Gasteiger partial charge >= 0.3 is 0 Å². The lowest BCUT2D eigenvalue weighted by Crippen LogP contribution is -2.40. The number of carbonyl (C=O) groups is 3. The summed E-state index contributed by atoms with van der Waals surface area (Å²) in [5, 5.41) is 2.37. The second kappa shape index (κ2) is 7.61. The van der Waals surface area contributed by atoms with Gasteiger partial charge in [0.2, 0.25) is 12.7 Å². The second-order valence-electron chi connectivity index (χ2n) is 6.24. The monoisotopic (exact) mass is 390 g/mol. The third-order valence-electron chi connectivity index (χ3n) is 4.42. The zero-order chi connectivity index (χ0) is 18.8. The topological polar surface area (TPSA) is 94.2 Å². The van der Waals surface area contributed by atoms with E-state index < -0.39 is 6.10 Å². The van der Waals surface area contributed by atoms with Crippen LogP contribution in [-0.2, 0) is 14.3 Å². The molecule has 1 aromatic rings. The van der Waals surface area contributed by atoms with Crippen LogP contribution in [0.5, 0.6) is 11.5 Å². The first-order valence-electron chi connectivity index (χ1n) is 8.66. The summed E-state index contributed by atoms with van der Waals surface area (Å²) in [5.74, 6) is 0.700. The lowest BCUT2D eigenvalue weighted by molar-refractivity contribution is -0.130. The number of benzene rings is 1. The molecule has 0 aromatic heterocycles. The Bertz CT molecular complexity index is 818. The zero-order valence-electron chi connectivity index (χ0n) is 14.4. The maximum Gasteiger partial charge on any atom is 0.293 e. The Balaban J connectivity index is 1.36. The summed E-state index contributed by atoms with van der Waals surface area (Å²) in [7, 11) is 0. The third kappa shape index (κ3) is 3.79. The minimum atomic E-state index is -0.425. The minimum Gasteiger partial charge on any atom is -0.454 e. The maximum absolute atomic E-state index is 12.5. The van der Waals surface area contributed by atoms with Gasteiger partial charge in [0.1, 0.15) is 6.10 Å². The molecular weight excluding hydrogens is 372 g/mol. The Kier molecular flexibility index (Phi) is 5.04. The van der Waals surface area contributed by atoms with Gasteiger partial charge in [-0.1, -0.05) is 6.07 Å². The Morgan fingerprint density at radius 1 is 1.30 bits per heavy atom.